The number of nitrogens with zero attached hydrogens (tertiary/aromatic N) is 2. The van der Waals surface area contributed by atoms with E-state index >= 15 is 0 Å². The fraction of sp³-hybridized carbons (Fsp3) is 0.562. The van der Waals surface area contributed by atoms with Gasteiger partial charge in [-0.25, -0.2) is 0 Å². The number of hydrogen-bond acceptors (Lipinski definition) is 3. The lowest BCUT2D eigenvalue weighted by Crippen LogP contribution is -2.36. The average molecular weight is 276 g/mol. The van der Waals surface area contributed by atoms with Gasteiger partial charge in [0.05, 0.1) is 11.6 Å². The molecule has 19 heavy (non-hydrogen) atoms. The summed E-state index contributed by atoms with van der Waals surface area (Å²) in [4.78, 5) is 2.33. The number of hydrogen-bond donors (Lipinski definition) is 1. The van der Waals surface area contributed by atoms with Crippen LogP contribution < -0.4 is 0 Å². The van der Waals surface area contributed by atoms with E-state index < -0.39 is 0 Å². The minimum atomic E-state index is 0.296. The molecule has 0 saturated heterocycles. The average Bonchev–Trinajstić information content (AvgIpc) is 2.45. The molecule has 1 aromatic carbocycles. The maximum Gasteiger partial charge on any atom is 0.0991 e. The van der Waals surface area contributed by atoms with Gasteiger partial charge in [0, 0.05) is 13.1 Å². The SMILES string of the molecule is CCC(CC)(CS)CN(C)Cc1cccc(C#N)c1. The highest BCUT2D eigenvalue weighted by Gasteiger charge is 2.25. The smallest absolute Gasteiger partial charge is 0.0991 e. The number of benzene rings is 1. The van der Waals surface area contributed by atoms with Crippen LogP contribution in [-0.2, 0) is 6.54 Å². The van der Waals surface area contributed by atoms with Gasteiger partial charge in [0.2, 0.25) is 0 Å². The number of nitriles is 1. The zero-order chi connectivity index (χ0) is 14.3. The van der Waals surface area contributed by atoms with Crippen molar-refractivity contribution >= 4 is 12.6 Å². The molecule has 0 aromatic heterocycles. The molecule has 0 aliphatic heterocycles. The first-order valence-electron chi connectivity index (χ1n) is 6.87. The molecule has 0 bridgehead atoms. The quantitative estimate of drug-likeness (QED) is 0.768. The Bertz CT molecular complexity index is 424. The molecule has 0 amide bonds. The predicted molar refractivity (Wildman–Crippen MR) is 84.4 cm³/mol. The third-order valence-electron chi connectivity index (χ3n) is 3.95. The van der Waals surface area contributed by atoms with Crippen LogP contribution in [0.25, 0.3) is 0 Å². The summed E-state index contributed by atoms with van der Waals surface area (Å²) in [5.41, 5.74) is 2.23. The first-order valence-corrected chi connectivity index (χ1v) is 7.51. The molecule has 0 unspecified atom stereocenters. The van der Waals surface area contributed by atoms with Crippen molar-refractivity contribution in [2.45, 2.75) is 33.2 Å². The van der Waals surface area contributed by atoms with E-state index in [4.69, 9.17) is 5.26 Å². The second-order valence-corrected chi connectivity index (χ2v) is 5.67. The van der Waals surface area contributed by atoms with Crippen molar-refractivity contribution in [2.75, 3.05) is 19.3 Å². The highest BCUT2D eigenvalue weighted by Crippen LogP contribution is 2.29. The molecule has 0 fully saturated rings. The molecule has 1 rings (SSSR count). The summed E-state index contributed by atoms with van der Waals surface area (Å²) in [6.45, 7) is 6.40. The molecule has 3 heteroatoms. The van der Waals surface area contributed by atoms with Gasteiger partial charge in [0.25, 0.3) is 0 Å². The van der Waals surface area contributed by atoms with E-state index in [1.807, 2.05) is 18.2 Å². The molecule has 0 spiro atoms. The lowest BCUT2D eigenvalue weighted by atomic mass is 9.84. The second-order valence-electron chi connectivity index (χ2n) is 5.35. The molecule has 0 atom stereocenters. The molecule has 2 nitrogen and oxygen atoms in total. The monoisotopic (exact) mass is 276 g/mol. The Balaban J connectivity index is 2.69. The Morgan fingerprint density at radius 2 is 2.00 bits per heavy atom. The summed E-state index contributed by atoms with van der Waals surface area (Å²) >= 11 is 4.52. The van der Waals surface area contributed by atoms with Gasteiger partial charge in [-0.1, -0.05) is 26.0 Å². The van der Waals surface area contributed by atoms with E-state index in [2.05, 4.69) is 50.6 Å². The molecule has 0 radical (unpaired) electrons. The molecule has 104 valence electrons. The van der Waals surface area contributed by atoms with Crippen LogP contribution in [0.2, 0.25) is 0 Å². The maximum absolute atomic E-state index is 8.92. The van der Waals surface area contributed by atoms with Gasteiger partial charge in [-0.3, -0.25) is 0 Å². The minimum Gasteiger partial charge on any atom is -0.302 e. The summed E-state index contributed by atoms with van der Waals surface area (Å²) in [5, 5.41) is 8.92. The predicted octanol–water partition coefficient (Wildman–Crippen LogP) is 3.73. The third-order valence-corrected chi connectivity index (χ3v) is 4.62. The van der Waals surface area contributed by atoms with Crippen molar-refractivity contribution in [1.29, 1.82) is 5.26 Å². The molecule has 0 aliphatic carbocycles. The van der Waals surface area contributed by atoms with Crippen LogP contribution in [0.4, 0.5) is 0 Å². The van der Waals surface area contributed by atoms with Gasteiger partial charge in [0.15, 0.2) is 0 Å². The molecule has 1 aromatic rings. The molecule has 0 N–H and O–H groups in total. The van der Waals surface area contributed by atoms with Gasteiger partial charge in [-0.2, -0.15) is 17.9 Å². The van der Waals surface area contributed by atoms with Gasteiger partial charge in [-0.05, 0) is 48.8 Å². The summed E-state index contributed by atoms with van der Waals surface area (Å²) in [5.74, 6) is 0.919. The summed E-state index contributed by atoms with van der Waals surface area (Å²) in [7, 11) is 2.14. The van der Waals surface area contributed by atoms with Gasteiger partial charge in [0.1, 0.15) is 0 Å². The summed E-state index contributed by atoms with van der Waals surface area (Å²) in [6.07, 6.45) is 2.30. The first-order chi connectivity index (χ1) is 9.09. The van der Waals surface area contributed by atoms with Crippen LogP contribution in [0.15, 0.2) is 24.3 Å². The Hall–Kier alpha value is -0.980. The third kappa shape index (κ3) is 4.56. The van der Waals surface area contributed by atoms with Crippen LogP contribution in [0, 0.1) is 16.7 Å². The topological polar surface area (TPSA) is 27.0 Å². The van der Waals surface area contributed by atoms with Crippen LogP contribution in [0.5, 0.6) is 0 Å². The zero-order valence-electron chi connectivity index (χ0n) is 12.2. The molecule has 0 aliphatic rings. The second kappa shape index (κ2) is 7.57. The zero-order valence-corrected chi connectivity index (χ0v) is 13.1. The van der Waals surface area contributed by atoms with Gasteiger partial charge >= 0.3 is 0 Å². The van der Waals surface area contributed by atoms with E-state index in [9.17, 15) is 0 Å². The van der Waals surface area contributed by atoms with Crippen molar-refractivity contribution in [3.8, 4) is 6.07 Å². The van der Waals surface area contributed by atoms with Crippen LogP contribution in [-0.4, -0.2) is 24.2 Å². The highest BCUT2D eigenvalue weighted by atomic mass is 32.1. The number of thiol groups is 1. The van der Waals surface area contributed by atoms with Crippen molar-refractivity contribution in [2.24, 2.45) is 5.41 Å². The van der Waals surface area contributed by atoms with Gasteiger partial charge < -0.3 is 4.90 Å². The molecular weight excluding hydrogens is 252 g/mol. The molecule has 0 heterocycles. The lowest BCUT2D eigenvalue weighted by Gasteiger charge is -2.34. The van der Waals surface area contributed by atoms with E-state index in [0.29, 0.717) is 5.41 Å². The minimum absolute atomic E-state index is 0.296. The van der Waals surface area contributed by atoms with Crippen molar-refractivity contribution in [3.63, 3.8) is 0 Å². The fourth-order valence-corrected chi connectivity index (χ4v) is 2.97. The van der Waals surface area contributed by atoms with Crippen LogP contribution in [0.3, 0.4) is 0 Å². The van der Waals surface area contributed by atoms with Crippen molar-refractivity contribution < 1.29 is 0 Å². The Morgan fingerprint density at radius 3 is 2.53 bits per heavy atom. The first kappa shape index (κ1) is 16.1. The van der Waals surface area contributed by atoms with E-state index in [-0.39, 0.29) is 0 Å². The largest absolute Gasteiger partial charge is 0.302 e. The van der Waals surface area contributed by atoms with Crippen molar-refractivity contribution in [3.05, 3.63) is 35.4 Å². The summed E-state index contributed by atoms with van der Waals surface area (Å²) in [6, 6.07) is 10.0. The van der Waals surface area contributed by atoms with Crippen molar-refractivity contribution in [1.82, 2.24) is 4.90 Å². The Kier molecular flexibility index (Phi) is 6.41. The number of rotatable bonds is 7. The Labute approximate surface area is 122 Å². The maximum atomic E-state index is 8.92. The highest BCUT2D eigenvalue weighted by molar-refractivity contribution is 7.80. The van der Waals surface area contributed by atoms with E-state index in [0.717, 1.165) is 37.2 Å². The lowest BCUT2D eigenvalue weighted by molar-refractivity contribution is 0.179. The van der Waals surface area contributed by atoms with E-state index in [1.165, 1.54) is 5.56 Å². The normalized spacial score (nSPS) is 11.6. The molecule has 0 saturated carbocycles. The van der Waals surface area contributed by atoms with Gasteiger partial charge in [-0.15, -0.1) is 0 Å². The van der Waals surface area contributed by atoms with Crippen LogP contribution >= 0.6 is 12.6 Å². The summed E-state index contributed by atoms with van der Waals surface area (Å²) < 4.78 is 0. The fourth-order valence-electron chi connectivity index (χ4n) is 2.43. The standard InChI is InChI=1S/C16H24N2S/c1-4-16(5-2,13-19)12-18(3)11-15-8-6-7-14(9-15)10-17/h6-9,19H,4-5,11-13H2,1-3H3. The van der Waals surface area contributed by atoms with Crippen LogP contribution in [0.1, 0.15) is 37.8 Å². The molecular formula is C16H24N2S. The van der Waals surface area contributed by atoms with E-state index in [1.54, 1.807) is 0 Å². The Morgan fingerprint density at radius 1 is 1.32 bits per heavy atom.